The first kappa shape index (κ1) is 24.4. The minimum atomic E-state index is 0.0951. The van der Waals surface area contributed by atoms with Crippen molar-refractivity contribution in [2.45, 2.75) is 44.9 Å². The highest BCUT2D eigenvalue weighted by Crippen LogP contribution is 2.34. The van der Waals surface area contributed by atoms with Gasteiger partial charge in [-0.05, 0) is 59.4 Å². The average Bonchev–Trinajstić information content (AvgIpc) is 2.87. The Kier molecular flexibility index (Phi) is 9.37. The molecule has 3 aromatic carbocycles. The zero-order valence-electron chi connectivity index (χ0n) is 20.0. The molecule has 3 aromatic rings. The predicted octanol–water partition coefficient (Wildman–Crippen LogP) is 6.12. The van der Waals surface area contributed by atoms with Crippen molar-refractivity contribution in [3.63, 3.8) is 0 Å². The maximum absolute atomic E-state index is 12.1. The third-order valence-electron chi connectivity index (χ3n) is 5.95. The molecule has 0 atom stereocenters. The fraction of sp³-hybridized carbons (Fsp3) is 0.345. The highest BCUT2D eigenvalue weighted by atomic mass is 16.5. The molecule has 0 aliphatic carbocycles. The highest BCUT2D eigenvalue weighted by molar-refractivity contribution is 5.76. The summed E-state index contributed by atoms with van der Waals surface area (Å²) in [5.41, 5.74) is 4.77. The van der Waals surface area contributed by atoms with Crippen LogP contribution >= 0.6 is 0 Å². The second kappa shape index (κ2) is 12.7. The Morgan fingerprint density at radius 1 is 0.758 bits per heavy atom. The minimum Gasteiger partial charge on any atom is -0.497 e. The molecule has 0 saturated heterocycles. The first-order valence-electron chi connectivity index (χ1n) is 11.8. The standard InChI is InChI=1S/C29H35NO3/c1-4-5-6-21-30-28(31)20-9-22-7-10-23(11-8-22)29(24-12-16-26(32-2)17-13-24)25-14-18-27(33-3)19-15-25/h7-8,10-19,29H,4-6,9,20-21H2,1-3H3,(H,30,31). The summed E-state index contributed by atoms with van der Waals surface area (Å²) in [5, 5.41) is 3.02. The van der Waals surface area contributed by atoms with Crippen molar-refractivity contribution >= 4 is 5.91 Å². The molecule has 3 rings (SSSR count). The van der Waals surface area contributed by atoms with Gasteiger partial charge >= 0.3 is 0 Å². The zero-order chi connectivity index (χ0) is 23.5. The molecule has 0 aromatic heterocycles. The molecular formula is C29H35NO3. The van der Waals surface area contributed by atoms with Crippen molar-refractivity contribution in [2.75, 3.05) is 20.8 Å². The van der Waals surface area contributed by atoms with Gasteiger partial charge in [-0.25, -0.2) is 0 Å². The van der Waals surface area contributed by atoms with E-state index in [9.17, 15) is 4.79 Å². The number of benzene rings is 3. The second-order valence-electron chi connectivity index (χ2n) is 8.28. The van der Waals surface area contributed by atoms with Crippen LogP contribution in [0, 0.1) is 0 Å². The van der Waals surface area contributed by atoms with Gasteiger partial charge in [0.05, 0.1) is 14.2 Å². The number of hydrogen-bond donors (Lipinski definition) is 1. The lowest BCUT2D eigenvalue weighted by Crippen LogP contribution is -2.24. The molecule has 0 aliphatic rings. The lowest BCUT2D eigenvalue weighted by molar-refractivity contribution is -0.121. The van der Waals surface area contributed by atoms with Gasteiger partial charge in [0.1, 0.15) is 11.5 Å². The maximum Gasteiger partial charge on any atom is 0.220 e. The number of unbranched alkanes of at least 4 members (excludes halogenated alkanes) is 2. The fourth-order valence-corrected chi connectivity index (χ4v) is 4.00. The number of rotatable bonds is 12. The second-order valence-corrected chi connectivity index (χ2v) is 8.28. The molecule has 0 spiro atoms. The van der Waals surface area contributed by atoms with Gasteiger partial charge in [-0.2, -0.15) is 0 Å². The molecule has 1 N–H and O–H groups in total. The van der Waals surface area contributed by atoms with Crippen LogP contribution < -0.4 is 14.8 Å². The van der Waals surface area contributed by atoms with Crippen molar-refractivity contribution in [2.24, 2.45) is 0 Å². The number of carbonyl (C=O) groups is 1. The molecule has 4 nitrogen and oxygen atoms in total. The summed E-state index contributed by atoms with van der Waals surface area (Å²) in [6, 6.07) is 25.1. The van der Waals surface area contributed by atoms with Crippen LogP contribution in [0.1, 0.15) is 60.8 Å². The molecular weight excluding hydrogens is 410 g/mol. The molecule has 0 heterocycles. The Labute approximate surface area is 197 Å². The van der Waals surface area contributed by atoms with E-state index in [1.165, 1.54) is 22.3 Å². The monoisotopic (exact) mass is 445 g/mol. The first-order chi connectivity index (χ1) is 16.1. The van der Waals surface area contributed by atoms with Gasteiger partial charge < -0.3 is 14.8 Å². The smallest absolute Gasteiger partial charge is 0.220 e. The number of hydrogen-bond acceptors (Lipinski definition) is 3. The van der Waals surface area contributed by atoms with Crippen molar-refractivity contribution in [1.29, 1.82) is 0 Å². The van der Waals surface area contributed by atoms with Crippen LogP contribution in [0.3, 0.4) is 0 Å². The molecule has 0 bridgehead atoms. The number of methoxy groups -OCH3 is 2. The Morgan fingerprint density at radius 2 is 1.24 bits per heavy atom. The third-order valence-corrected chi connectivity index (χ3v) is 5.95. The van der Waals surface area contributed by atoms with Gasteiger partial charge in [0, 0.05) is 18.9 Å². The van der Waals surface area contributed by atoms with E-state index in [0.717, 1.165) is 43.7 Å². The Hall–Kier alpha value is -3.27. The molecule has 0 fully saturated rings. The summed E-state index contributed by atoms with van der Waals surface area (Å²) in [7, 11) is 3.36. The van der Waals surface area contributed by atoms with Crippen LogP contribution in [0.4, 0.5) is 0 Å². The van der Waals surface area contributed by atoms with Crippen LogP contribution in [0.15, 0.2) is 72.8 Å². The number of ether oxygens (including phenoxy) is 2. The summed E-state index contributed by atoms with van der Waals surface area (Å²) in [5.74, 6) is 1.91. The van der Waals surface area contributed by atoms with E-state index in [4.69, 9.17) is 9.47 Å². The summed E-state index contributed by atoms with van der Waals surface area (Å²) in [6.07, 6.45) is 4.64. The first-order valence-corrected chi connectivity index (χ1v) is 11.8. The fourth-order valence-electron chi connectivity index (χ4n) is 4.00. The third kappa shape index (κ3) is 7.11. The zero-order valence-corrected chi connectivity index (χ0v) is 20.0. The van der Waals surface area contributed by atoms with Gasteiger partial charge in [0.2, 0.25) is 5.91 Å². The molecule has 0 saturated carbocycles. The minimum absolute atomic E-state index is 0.0951. The SMILES string of the molecule is CCCCCNC(=O)CCc1ccc(C(c2ccc(OC)cc2)c2ccc(OC)cc2)cc1. The van der Waals surface area contributed by atoms with Crippen molar-refractivity contribution in [3.05, 3.63) is 95.1 Å². The van der Waals surface area contributed by atoms with E-state index in [2.05, 4.69) is 60.8 Å². The molecule has 0 aliphatic heterocycles. The van der Waals surface area contributed by atoms with Crippen LogP contribution in [-0.2, 0) is 11.2 Å². The maximum atomic E-state index is 12.1. The Morgan fingerprint density at radius 3 is 1.70 bits per heavy atom. The summed E-state index contributed by atoms with van der Waals surface area (Å²) in [6.45, 7) is 2.94. The Bertz CT molecular complexity index is 931. The topological polar surface area (TPSA) is 47.6 Å². The number of nitrogens with one attached hydrogen (secondary N) is 1. The summed E-state index contributed by atoms with van der Waals surface area (Å²) in [4.78, 5) is 12.1. The van der Waals surface area contributed by atoms with E-state index in [1.54, 1.807) is 14.2 Å². The molecule has 1 amide bonds. The molecule has 174 valence electrons. The summed E-state index contributed by atoms with van der Waals surface area (Å²) >= 11 is 0. The van der Waals surface area contributed by atoms with Crippen LogP contribution in [0.25, 0.3) is 0 Å². The quantitative estimate of drug-likeness (QED) is 0.270. The molecule has 0 radical (unpaired) electrons. The van der Waals surface area contributed by atoms with E-state index < -0.39 is 0 Å². The van der Waals surface area contributed by atoms with Gasteiger partial charge in [-0.15, -0.1) is 0 Å². The van der Waals surface area contributed by atoms with Crippen LogP contribution in [0.5, 0.6) is 11.5 Å². The van der Waals surface area contributed by atoms with E-state index in [-0.39, 0.29) is 11.8 Å². The largest absolute Gasteiger partial charge is 0.497 e. The lowest BCUT2D eigenvalue weighted by atomic mass is 9.84. The molecule has 0 unspecified atom stereocenters. The normalized spacial score (nSPS) is 10.8. The number of carbonyl (C=O) groups excluding carboxylic acids is 1. The van der Waals surface area contributed by atoms with Crippen molar-refractivity contribution < 1.29 is 14.3 Å². The van der Waals surface area contributed by atoms with Crippen LogP contribution in [-0.4, -0.2) is 26.7 Å². The van der Waals surface area contributed by atoms with Crippen LogP contribution in [0.2, 0.25) is 0 Å². The van der Waals surface area contributed by atoms with Gasteiger partial charge in [-0.3, -0.25) is 4.79 Å². The van der Waals surface area contributed by atoms with E-state index in [0.29, 0.717) is 6.42 Å². The van der Waals surface area contributed by atoms with Gasteiger partial charge in [0.15, 0.2) is 0 Å². The van der Waals surface area contributed by atoms with E-state index >= 15 is 0 Å². The van der Waals surface area contributed by atoms with E-state index in [1.807, 2.05) is 24.3 Å². The van der Waals surface area contributed by atoms with Crippen molar-refractivity contribution in [3.8, 4) is 11.5 Å². The number of amides is 1. The van der Waals surface area contributed by atoms with Gasteiger partial charge in [-0.1, -0.05) is 68.3 Å². The van der Waals surface area contributed by atoms with Gasteiger partial charge in [0.25, 0.3) is 0 Å². The lowest BCUT2D eigenvalue weighted by Gasteiger charge is -2.20. The summed E-state index contributed by atoms with van der Waals surface area (Å²) < 4.78 is 10.7. The van der Waals surface area contributed by atoms with Crippen molar-refractivity contribution in [1.82, 2.24) is 5.32 Å². The highest BCUT2D eigenvalue weighted by Gasteiger charge is 2.17. The Balaban J connectivity index is 1.74. The number of aryl methyl sites for hydroxylation is 1. The molecule has 4 heteroatoms. The predicted molar refractivity (Wildman–Crippen MR) is 134 cm³/mol. The average molecular weight is 446 g/mol. The molecule has 33 heavy (non-hydrogen) atoms.